The van der Waals surface area contributed by atoms with Crippen molar-refractivity contribution in [2.45, 2.75) is 37.0 Å². The number of carbonyl (C=O) groups is 4. The number of nitrogens with two attached hydrogens (primary N) is 1. The van der Waals surface area contributed by atoms with Crippen LogP contribution in [0.25, 0.3) is 0 Å². The maximum atomic E-state index is 13.2. The average Bonchev–Trinajstić information content (AvgIpc) is 2.86. The monoisotopic (exact) mass is 486 g/mol. The van der Waals surface area contributed by atoms with Crippen LogP contribution in [0.5, 0.6) is 0 Å². The second-order valence-electron chi connectivity index (χ2n) is 7.87. The molecule has 0 bridgehead atoms. The molecule has 0 aromatic heterocycles. The highest BCUT2D eigenvalue weighted by Crippen LogP contribution is 2.07. The third-order valence-electron chi connectivity index (χ3n) is 5.16. The van der Waals surface area contributed by atoms with Gasteiger partial charge in [0.1, 0.15) is 24.2 Å². The molecule has 2 rings (SSSR count). The number of aliphatic carboxylic acids is 1. The Balaban J connectivity index is 2.27. The summed E-state index contributed by atoms with van der Waals surface area (Å²) in [5.74, 6) is -3.71. The summed E-state index contributed by atoms with van der Waals surface area (Å²) in [6.07, 6.45) is 0.100. The van der Waals surface area contributed by atoms with Crippen molar-refractivity contribution in [2.75, 3.05) is 13.2 Å². The molecule has 4 unspecified atom stereocenters. The topological polar surface area (TPSA) is 191 Å². The van der Waals surface area contributed by atoms with Gasteiger partial charge in [-0.3, -0.25) is 14.4 Å². The van der Waals surface area contributed by atoms with E-state index in [1.54, 1.807) is 60.7 Å². The third kappa shape index (κ3) is 8.81. The van der Waals surface area contributed by atoms with E-state index in [1.807, 2.05) is 0 Å². The summed E-state index contributed by atoms with van der Waals surface area (Å²) < 4.78 is 0. The zero-order valence-corrected chi connectivity index (χ0v) is 19.0. The Hall–Kier alpha value is -3.80. The normalized spacial score (nSPS) is 14.1. The van der Waals surface area contributed by atoms with Crippen molar-refractivity contribution in [3.63, 3.8) is 0 Å². The summed E-state index contributed by atoms with van der Waals surface area (Å²) in [5, 5.41) is 34.9. The lowest BCUT2D eigenvalue weighted by atomic mass is 10.0. The smallest absolute Gasteiger partial charge is 0.328 e. The molecule has 8 N–H and O–H groups in total. The van der Waals surface area contributed by atoms with Crippen LogP contribution in [-0.2, 0) is 32.0 Å². The van der Waals surface area contributed by atoms with Crippen molar-refractivity contribution in [3.05, 3.63) is 71.8 Å². The Kier molecular flexibility index (Phi) is 10.8. The van der Waals surface area contributed by atoms with Gasteiger partial charge in [0.05, 0.1) is 13.2 Å². The molecule has 0 saturated heterocycles. The minimum atomic E-state index is -1.56. The van der Waals surface area contributed by atoms with Crippen molar-refractivity contribution in [1.29, 1.82) is 0 Å². The molecule has 35 heavy (non-hydrogen) atoms. The fraction of sp³-hybridized carbons (Fsp3) is 0.333. The summed E-state index contributed by atoms with van der Waals surface area (Å²) in [7, 11) is 0. The number of carboxylic acid groups (broad SMARTS) is 1. The summed E-state index contributed by atoms with van der Waals surface area (Å²) >= 11 is 0. The molecular weight excluding hydrogens is 456 g/mol. The lowest BCUT2D eigenvalue weighted by Crippen LogP contribution is -2.58. The minimum absolute atomic E-state index is 0.0261. The second-order valence-corrected chi connectivity index (χ2v) is 7.87. The van der Waals surface area contributed by atoms with Crippen LogP contribution in [0, 0.1) is 0 Å². The van der Waals surface area contributed by atoms with E-state index in [0.29, 0.717) is 5.56 Å². The number of aliphatic hydroxyl groups is 2. The van der Waals surface area contributed by atoms with Crippen molar-refractivity contribution in [3.8, 4) is 0 Å². The number of hydrogen-bond donors (Lipinski definition) is 7. The van der Waals surface area contributed by atoms with Gasteiger partial charge in [0.25, 0.3) is 0 Å². The molecule has 0 heterocycles. The molecular formula is C24H30N4O7. The number of carbonyl (C=O) groups excluding carboxylic acids is 3. The lowest BCUT2D eigenvalue weighted by molar-refractivity contribution is -0.143. The van der Waals surface area contributed by atoms with Gasteiger partial charge in [-0.1, -0.05) is 60.7 Å². The fourth-order valence-corrected chi connectivity index (χ4v) is 3.21. The molecule has 0 fully saturated rings. The molecule has 0 aliphatic heterocycles. The van der Waals surface area contributed by atoms with E-state index in [1.165, 1.54) is 0 Å². The Labute approximate surface area is 202 Å². The highest BCUT2D eigenvalue weighted by atomic mass is 16.4. The van der Waals surface area contributed by atoms with Crippen LogP contribution >= 0.6 is 0 Å². The van der Waals surface area contributed by atoms with Gasteiger partial charge in [0, 0.05) is 12.8 Å². The molecule has 0 aliphatic carbocycles. The van der Waals surface area contributed by atoms with Gasteiger partial charge in [-0.25, -0.2) is 4.79 Å². The average molecular weight is 487 g/mol. The standard InChI is InChI=1S/C24H30N4O7/c25-17(13-29)21(31)26-18(11-15-7-3-1-4-8-15)22(32)27-19(12-16-9-5-2-6-10-16)23(33)28-20(14-30)24(34)35/h1-10,17-20,29-30H,11-14,25H2,(H,26,31)(H,27,32)(H,28,33)(H,34,35). The zero-order chi connectivity index (χ0) is 25.8. The van der Waals surface area contributed by atoms with Crippen LogP contribution in [-0.4, -0.2) is 76.4 Å². The Bertz CT molecular complexity index is 988. The van der Waals surface area contributed by atoms with E-state index in [-0.39, 0.29) is 12.8 Å². The predicted molar refractivity (Wildman–Crippen MR) is 126 cm³/mol. The molecule has 2 aromatic rings. The Morgan fingerprint density at radius 2 is 1.06 bits per heavy atom. The highest BCUT2D eigenvalue weighted by molar-refractivity contribution is 5.94. The number of carboxylic acids is 1. The van der Waals surface area contributed by atoms with Crippen LogP contribution in [0.15, 0.2) is 60.7 Å². The molecule has 2 aromatic carbocycles. The van der Waals surface area contributed by atoms with Crippen LogP contribution < -0.4 is 21.7 Å². The first kappa shape index (κ1) is 27.4. The largest absolute Gasteiger partial charge is 0.480 e. The van der Waals surface area contributed by atoms with Crippen molar-refractivity contribution >= 4 is 23.7 Å². The van der Waals surface area contributed by atoms with Crippen LogP contribution in [0.3, 0.4) is 0 Å². The van der Waals surface area contributed by atoms with Crippen molar-refractivity contribution in [2.24, 2.45) is 5.73 Å². The van der Waals surface area contributed by atoms with Gasteiger partial charge in [0.15, 0.2) is 0 Å². The minimum Gasteiger partial charge on any atom is -0.480 e. The van der Waals surface area contributed by atoms with E-state index >= 15 is 0 Å². The molecule has 0 radical (unpaired) electrons. The predicted octanol–water partition coefficient (Wildman–Crippen LogP) is -1.68. The van der Waals surface area contributed by atoms with Crippen LogP contribution in [0.4, 0.5) is 0 Å². The summed E-state index contributed by atoms with van der Waals surface area (Å²) in [6, 6.07) is 12.4. The van der Waals surface area contributed by atoms with Crippen LogP contribution in [0.1, 0.15) is 11.1 Å². The van der Waals surface area contributed by atoms with Crippen LogP contribution in [0.2, 0.25) is 0 Å². The van der Waals surface area contributed by atoms with Crippen molar-refractivity contribution < 1.29 is 34.5 Å². The maximum Gasteiger partial charge on any atom is 0.328 e. The van der Waals surface area contributed by atoms with Gasteiger partial charge in [-0.05, 0) is 11.1 Å². The molecule has 0 aliphatic rings. The van der Waals surface area contributed by atoms with E-state index in [0.717, 1.165) is 5.56 Å². The van der Waals surface area contributed by atoms with E-state index in [9.17, 15) is 29.4 Å². The number of hydrogen-bond acceptors (Lipinski definition) is 7. The molecule has 4 atom stereocenters. The zero-order valence-electron chi connectivity index (χ0n) is 19.0. The Morgan fingerprint density at radius 1 is 0.657 bits per heavy atom. The lowest BCUT2D eigenvalue weighted by Gasteiger charge is -2.25. The number of benzene rings is 2. The fourth-order valence-electron chi connectivity index (χ4n) is 3.21. The third-order valence-corrected chi connectivity index (χ3v) is 5.16. The number of aliphatic hydroxyl groups excluding tert-OH is 2. The molecule has 0 spiro atoms. The first-order valence-electron chi connectivity index (χ1n) is 10.9. The van der Waals surface area contributed by atoms with E-state index < -0.39 is 61.1 Å². The summed E-state index contributed by atoms with van der Waals surface area (Å²) in [4.78, 5) is 49.6. The highest BCUT2D eigenvalue weighted by Gasteiger charge is 2.30. The number of amides is 3. The van der Waals surface area contributed by atoms with Gasteiger partial charge in [-0.2, -0.15) is 0 Å². The maximum absolute atomic E-state index is 13.2. The molecule has 0 saturated carbocycles. The Morgan fingerprint density at radius 3 is 1.43 bits per heavy atom. The van der Waals surface area contributed by atoms with Gasteiger partial charge in [-0.15, -0.1) is 0 Å². The summed E-state index contributed by atoms with van der Waals surface area (Å²) in [6.45, 7) is -1.46. The molecule has 11 heteroatoms. The number of rotatable bonds is 13. The van der Waals surface area contributed by atoms with Crippen molar-refractivity contribution in [1.82, 2.24) is 16.0 Å². The van der Waals surface area contributed by atoms with Gasteiger partial charge >= 0.3 is 5.97 Å². The quantitative estimate of drug-likeness (QED) is 0.175. The van der Waals surface area contributed by atoms with E-state index in [4.69, 9.17) is 10.8 Å². The molecule has 11 nitrogen and oxygen atoms in total. The SMILES string of the molecule is NC(CO)C(=O)NC(Cc1ccccc1)C(=O)NC(Cc1ccccc1)C(=O)NC(CO)C(=O)O. The first-order chi connectivity index (χ1) is 16.7. The van der Waals surface area contributed by atoms with E-state index in [2.05, 4.69) is 16.0 Å². The second kappa shape index (κ2) is 13.8. The van der Waals surface area contributed by atoms with Gasteiger partial charge in [0.2, 0.25) is 17.7 Å². The molecule has 3 amide bonds. The summed E-state index contributed by atoms with van der Waals surface area (Å²) in [5.41, 5.74) is 6.98. The van der Waals surface area contributed by atoms with Gasteiger partial charge < -0.3 is 37.0 Å². The molecule has 188 valence electrons. The number of nitrogens with one attached hydrogen (secondary N) is 3. The first-order valence-corrected chi connectivity index (χ1v) is 10.9.